The van der Waals surface area contributed by atoms with Crippen LogP contribution in [0.25, 0.3) is 22.4 Å². The monoisotopic (exact) mass is 297 g/mol. The summed E-state index contributed by atoms with van der Waals surface area (Å²) in [7, 11) is 0. The molecule has 3 aromatic rings. The quantitative estimate of drug-likeness (QED) is 0.703. The largest absolute Gasteiger partial charge is 0.397 e. The highest BCUT2D eigenvalue weighted by atomic mass is 35.5. The number of anilines is 1. The van der Waals surface area contributed by atoms with Gasteiger partial charge < -0.3 is 10.3 Å². The van der Waals surface area contributed by atoms with Gasteiger partial charge in [0.1, 0.15) is 5.82 Å². The number of imidazole rings is 1. The van der Waals surface area contributed by atoms with Crippen LogP contribution in [0.2, 0.25) is 5.02 Å². The van der Waals surface area contributed by atoms with Gasteiger partial charge in [-0.05, 0) is 49.6 Å². The second kappa shape index (κ2) is 4.50. The molecular formula is C17H16ClN3. The number of nitrogens with two attached hydrogens (primary N) is 1. The van der Waals surface area contributed by atoms with Crippen LogP contribution in [0.1, 0.15) is 24.4 Å². The van der Waals surface area contributed by atoms with Crippen molar-refractivity contribution in [1.29, 1.82) is 0 Å². The maximum atomic E-state index is 6.17. The normalized spacial score (nSPS) is 14.8. The lowest BCUT2D eigenvalue weighted by Crippen LogP contribution is -2.00. The van der Waals surface area contributed by atoms with Crippen LogP contribution in [0, 0.1) is 6.92 Å². The smallest absolute Gasteiger partial charge is 0.143 e. The van der Waals surface area contributed by atoms with Gasteiger partial charge in [-0.15, -0.1) is 0 Å². The van der Waals surface area contributed by atoms with Crippen LogP contribution in [0.5, 0.6) is 0 Å². The Kier molecular flexibility index (Phi) is 2.73. The molecule has 1 aliphatic rings. The minimum absolute atomic E-state index is 0.533. The number of rotatable bonds is 2. The Balaban J connectivity index is 2.03. The highest BCUT2D eigenvalue weighted by Gasteiger charge is 2.29. The lowest BCUT2D eigenvalue weighted by Gasteiger charge is -2.10. The van der Waals surface area contributed by atoms with Crippen LogP contribution in [-0.4, -0.2) is 9.55 Å². The Morgan fingerprint density at radius 1 is 1.24 bits per heavy atom. The van der Waals surface area contributed by atoms with Crippen LogP contribution < -0.4 is 5.73 Å². The summed E-state index contributed by atoms with van der Waals surface area (Å²) in [5, 5.41) is 0.582. The van der Waals surface area contributed by atoms with Gasteiger partial charge in [-0.3, -0.25) is 0 Å². The average molecular weight is 298 g/mol. The minimum atomic E-state index is 0.533. The maximum Gasteiger partial charge on any atom is 0.143 e. The van der Waals surface area contributed by atoms with E-state index in [2.05, 4.69) is 29.7 Å². The minimum Gasteiger partial charge on any atom is -0.397 e. The first-order valence-electron chi connectivity index (χ1n) is 7.18. The molecule has 106 valence electrons. The van der Waals surface area contributed by atoms with Crippen molar-refractivity contribution in [3.8, 4) is 11.4 Å². The predicted molar refractivity (Wildman–Crippen MR) is 87.6 cm³/mol. The van der Waals surface area contributed by atoms with Crippen molar-refractivity contribution in [2.24, 2.45) is 0 Å². The van der Waals surface area contributed by atoms with Crippen molar-refractivity contribution in [2.75, 3.05) is 5.73 Å². The maximum absolute atomic E-state index is 6.17. The van der Waals surface area contributed by atoms with Gasteiger partial charge in [-0.25, -0.2) is 4.98 Å². The summed E-state index contributed by atoms with van der Waals surface area (Å²) in [5.74, 6) is 0.929. The summed E-state index contributed by atoms with van der Waals surface area (Å²) in [5.41, 5.74) is 11.1. The van der Waals surface area contributed by atoms with E-state index < -0.39 is 0 Å². The van der Waals surface area contributed by atoms with Crippen molar-refractivity contribution in [3.05, 3.63) is 47.0 Å². The van der Waals surface area contributed by atoms with Crippen LogP contribution in [-0.2, 0) is 0 Å². The molecule has 1 aromatic heterocycles. The van der Waals surface area contributed by atoms with Gasteiger partial charge in [0.25, 0.3) is 0 Å². The fraction of sp³-hybridized carbons (Fsp3) is 0.235. The van der Waals surface area contributed by atoms with Crippen molar-refractivity contribution in [3.63, 3.8) is 0 Å². The molecule has 0 amide bonds. The highest BCUT2D eigenvalue weighted by molar-refractivity contribution is 6.33. The van der Waals surface area contributed by atoms with E-state index >= 15 is 0 Å². The molecule has 3 nitrogen and oxygen atoms in total. The van der Waals surface area contributed by atoms with Gasteiger partial charge in [0.05, 0.1) is 21.7 Å². The van der Waals surface area contributed by atoms with Gasteiger partial charge in [0, 0.05) is 11.6 Å². The van der Waals surface area contributed by atoms with E-state index in [-0.39, 0.29) is 0 Å². The molecule has 1 aliphatic carbocycles. The first kappa shape index (κ1) is 12.7. The van der Waals surface area contributed by atoms with Gasteiger partial charge in [0.2, 0.25) is 0 Å². The zero-order valence-electron chi connectivity index (χ0n) is 11.8. The Morgan fingerprint density at radius 3 is 2.81 bits per heavy atom. The van der Waals surface area contributed by atoms with E-state index in [1.165, 1.54) is 23.9 Å². The SMILES string of the molecule is Cc1ccc2c(c1)nc(-c1cccc(Cl)c1N)n2C1CC1. The number of fused-ring (bicyclic) bond motifs is 1. The van der Waals surface area contributed by atoms with Crippen molar-refractivity contribution in [1.82, 2.24) is 9.55 Å². The van der Waals surface area contributed by atoms with Gasteiger partial charge in [0.15, 0.2) is 0 Å². The molecule has 0 spiro atoms. The van der Waals surface area contributed by atoms with Crippen molar-refractivity contribution >= 4 is 28.3 Å². The molecule has 0 atom stereocenters. The summed E-state index contributed by atoms with van der Waals surface area (Å²) in [6.45, 7) is 2.09. The Labute approximate surface area is 128 Å². The molecule has 1 heterocycles. The molecule has 0 saturated heterocycles. The standard InChI is InChI=1S/C17H16ClN3/c1-10-5-8-15-14(9-10)20-17(21(15)11-6-7-11)12-3-2-4-13(18)16(12)19/h2-5,8-9,11H,6-7,19H2,1H3. The fourth-order valence-electron chi connectivity index (χ4n) is 2.83. The molecule has 0 bridgehead atoms. The first-order chi connectivity index (χ1) is 10.1. The highest BCUT2D eigenvalue weighted by Crippen LogP contribution is 2.43. The number of aromatic nitrogens is 2. The third-order valence-corrected chi connectivity index (χ3v) is 4.38. The summed E-state index contributed by atoms with van der Waals surface area (Å²) in [4.78, 5) is 4.83. The van der Waals surface area contributed by atoms with Crippen molar-refractivity contribution in [2.45, 2.75) is 25.8 Å². The Bertz CT molecular complexity index is 847. The number of nitrogens with zero attached hydrogens (tertiary/aromatic N) is 2. The molecule has 2 N–H and O–H groups in total. The zero-order valence-corrected chi connectivity index (χ0v) is 12.6. The van der Waals surface area contributed by atoms with E-state index in [0.29, 0.717) is 16.8 Å². The predicted octanol–water partition coefficient (Wildman–Crippen LogP) is 4.58. The fourth-order valence-corrected chi connectivity index (χ4v) is 3.01. The van der Waals surface area contributed by atoms with Gasteiger partial charge in [-0.2, -0.15) is 0 Å². The second-order valence-corrected chi connectivity index (χ2v) is 6.14. The number of nitrogen functional groups attached to an aromatic ring is 1. The second-order valence-electron chi connectivity index (χ2n) is 5.73. The van der Waals surface area contributed by atoms with E-state index in [0.717, 1.165) is 16.9 Å². The summed E-state index contributed by atoms with van der Waals surface area (Å²) in [6, 6.07) is 12.7. The summed E-state index contributed by atoms with van der Waals surface area (Å²) >= 11 is 6.17. The van der Waals surface area contributed by atoms with Gasteiger partial charge in [-0.1, -0.05) is 23.7 Å². The molecule has 1 saturated carbocycles. The topological polar surface area (TPSA) is 43.8 Å². The van der Waals surface area contributed by atoms with Crippen LogP contribution in [0.15, 0.2) is 36.4 Å². The lowest BCUT2D eigenvalue weighted by molar-refractivity contribution is 0.775. The first-order valence-corrected chi connectivity index (χ1v) is 7.56. The molecule has 1 fully saturated rings. The number of hydrogen-bond acceptors (Lipinski definition) is 2. The number of hydrogen-bond donors (Lipinski definition) is 1. The van der Waals surface area contributed by atoms with Crippen LogP contribution >= 0.6 is 11.6 Å². The summed E-state index contributed by atoms with van der Waals surface area (Å²) in [6.07, 6.45) is 2.40. The van der Waals surface area contributed by atoms with Gasteiger partial charge >= 0.3 is 0 Å². The van der Waals surface area contributed by atoms with E-state index in [1.54, 1.807) is 0 Å². The molecule has 21 heavy (non-hydrogen) atoms. The molecule has 4 heteroatoms. The molecule has 4 rings (SSSR count). The van der Waals surface area contributed by atoms with E-state index in [1.807, 2.05) is 18.2 Å². The molecule has 0 unspecified atom stereocenters. The van der Waals surface area contributed by atoms with Crippen LogP contribution in [0.4, 0.5) is 5.69 Å². The molecular weight excluding hydrogens is 282 g/mol. The third-order valence-electron chi connectivity index (χ3n) is 4.05. The molecule has 2 aromatic carbocycles. The van der Waals surface area contributed by atoms with Crippen molar-refractivity contribution < 1.29 is 0 Å². The Hall–Kier alpha value is -2.00. The molecule has 0 aliphatic heterocycles. The lowest BCUT2D eigenvalue weighted by atomic mass is 10.1. The molecule has 0 radical (unpaired) electrons. The van der Waals surface area contributed by atoms with E-state index in [9.17, 15) is 0 Å². The number of para-hydroxylation sites is 1. The van der Waals surface area contributed by atoms with Crippen LogP contribution in [0.3, 0.4) is 0 Å². The van der Waals surface area contributed by atoms with E-state index in [4.69, 9.17) is 22.3 Å². The zero-order chi connectivity index (χ0) is 14.6. The number of aryl methyl sites for hydroxylation is 1. The average Bonchev–Trinajstić information content (AvgIpc) is 3.23. The third kappa shape index (κ3) is 2.00. The Morgan fingerprint density at radius 2 is 2.05 bits per heavy atom. The number of halogens is 1. The summed E-state index contributed by atoms with van der Waals surface area (Å²) < 4.78 is 2.32. The number of benzene rings is 2.